The second-order valence-corrected chi connectivity index (χ2v) is 2.35. The van der Waals surface area contributed by atoms with Crippen molar-refractivity contribution in [1.29, 1.82) is 0 Å². The van der Waals surface area contributed by atoms with Crippen molar-refractivity contribution in [3.63, 3.8) is 0 Å². The number of phenols is 1. The molecule has 1 rings (SSSR count). The molecule has 0 aliphatic rings. The molecule has 66 valence electrons. The van der Waals surface area contributed by atoms with Crippen molar-refractivity contribution in [2.75, 3.05) is 6.61 Å². The number of phenolic OH excluding ortho intramolecular Hbond substituents is 1. The van der Waals surface area contributed by atoms with Crippen LogP contribution < -0.4 is 0 Å². The van der Waals surface area contributed by atoms with Crippen molar-refractivity contribution >= 4 is 6.29 Å². The fourth-order valence-corrected chi connectivity index (χ4v) is 0.862. The van der Waals surface area contributed by atoms with Gasteiger partial charge in [-0.2, -0.15) is 0 Å². The molecule has 0 unspecified atom stereocenters. The molecule has 0 spiro atoms. The van der Waals surface area contributed by atoms with Gasteiger partial charge in [-0.15, -0.1) is 0 Å². The second-order valence-electron chi connectivity index (χ2n) is 2.35. The number of hydrogen-bond acceptors (Lipinski definition) is 3. The number of aliphatic hydroxyl groups excluding tert-OH is 1. The predicted molar refractivity (Wildman–Crippen MR) is 47.5 cm³/mol. The standard InChI is InChI=1S/C10H8O3/c11-5-1-2-9-4-3-8(7-12)6-10(9)13/h3-4,6-7,11,13H,5H2. The zero-order chi connectivity index (χ0) is 9.68. The number of carbonyl (C=O) groups excluding carboxylic acids is 1. The quantitative estimate of drug-likeness (QED) is 0.485. The van der Waals surface area contributed by atoms with Gasteiger partial charge in [0.1, 0.15) is 18.6 Å². The van der Waals surface area contributed by atoms with E-state index in [2.05, 4.69) is 11.8 Å². The maximum atomic E-state index is 10.3. The van der Waals surface area contributed by atoms with E-state index in [0.29, 0.717) is 17.4 Å². The SMILES string of the molecule is O=Cc1ccc(C#CCO)c(O)c1. The third-order valence-corrected chi connectivity index (χ3v) is 1.46. The zero-order valence-corrected chi connectivity index (χ0v) is 6.82. The summed E-state index contributed by atoms with van der Waals surface area (Å²) in [5, 5.41) is 17.7. The lowest BCUT2D eigenvalue weighted by Crippen LogP contribution is -1.82. The highest BCUT2D eigenvalue weighted by molar-refractivity contribution is 5.76. The van der Waals surface area contributed by atoms with E-state index < -0.39 is 0 Å². The van der Waals surface area contributed by atoms with Crippen molar-refractivity contribution in [3.05, 3.63) is 29.3 Å². The van der Waals surface area contributed by atoms with Gasteiger partial charge in [-0.1, -0.05) is 17.9 Å². The fourth-order valence-electron chi connectivity index (χ4n) is 0.862. The molecule has 0 bridgehead atoms. The molecule has 0 fully saturated rings. The minimum atomic E-state index is -0.255. The van der Waals surface area contributed by atoms with Crippen LogP contribution in [0.4, 0.5) is 0 Å². The molecular formula is C10H8O3. The van der Waals surface area contributed by atoms with Crippen LogP contribution in [-0.2, 0) is 0 Å². The van der Waals surface area contributed by atoms with E-state index in [4.69, 9.17) is 5.11 Å². The second kappa shape index (κ2) is 4.29. The summed E-state index contributed by atoms with van der Waals surface area (Å²) in [6.07, 6.45) is 0.642. The molecule has 1 aromatic carbocycles. The van der Waals surface area contributed by atoms with Crippen LogP contribution in [0.25, 0.3) is 0 Å². The number of hydrogen-bond donors (Lipinski definition) is 2. The molecule has 0 aliphatic heterocycles. The molecule has 0 aromatic heterocycles. The number of aldehydes is 1. The molecule has 0 heterocycles. The summed E-state index contributed by atoms with van der Waals surface area (Å²) in [6.45, 7) is -0.255. The number of aliphatic hydroxyl groups is 1. The summed E-state index contributed by atoms with van der Waals surface area (Å²) in [5.74, 6) is 4.90. The molecule has 0 aliphatic carbocycles. The van der Waals surface area contributed by atoms with Gasteiger partial charge in [-0.25, -0.2) is 0 Å². The van der Waals surface area contributed by atoms with Crippen molar-refractivity contribution < 1.29 is 15.0 Å². The first-order chi connectivity index (χ1) is 6.27. The summed E-state index contributed by atoms with van der Waals surface area (Å²) in [6, 6.07) is 4.41. The summed E-state index contributed by atoms with van der Waals surface area (Å²) >= 11 is 0. The van der Waals surface area contributed by atoms with Crippen LogP contribution in [0.3, 0.4) is 0 Å². The van der Waals surface area contributed by atoms with E-state index in [1.807, 2.05) is 0 Å². The van der Waals surface area contributed by atoms with Crippen LogP contribution in [0.1, 0.15) is 15.9 Å². The van der Waals surface area contributed by atoms with Gasteiger partial charge in [0, 0.05) is 5.56 Å². The van der Waals surface area contributed by atoms with Gasteiger partial charge in [0.25, 0.3) is 0 Å². The smallest absolute Gasteiger partial charge is 0.150 e. The predicted octanol–water partition coefficient (Wildman–Crippen LogP) is 0.548. The van der Waals surface area contributed by atoms with Crippen LogP contribution in [-0.4, -0.2) is 23.1 Å². The first-order valence-corrected chi connectivity index (χ1v) is 3.66. The Morgan fingerprint density at radius 1 is 1.46 bits per heavy atom. The lowest BCUT2D eigenvalue weighted by atomic mass is 10.1. The Hall–Kier alpha value is -1.79. The van der Waals surface area contributed by atoms with Crippen LogP contribution in [0, 0.1) is 11.8 Å². The highest BCUT2D eigenvalue weighted by Crippen LogP contribution is 2.16. The van der Waals surface area contributed by atoms with Crippen LogP contribution in [0.5, 0.6) is 5.75 Å². The molecule has 3 nitrogen and oxygen atoms in total. The normalized spacial score (nSPS) is 8.69. The molecule has 3 heteroatoms. The summed E-state index contributed by atoms with van der Waals surface area (Å²) in [7, 11) is 0. The molecule has 0 saturated heterocycles. The van der Waals surface area contributed by atoms with Crippen molar-refractivity contribution in [3.8, 4) is 17.6 Å². The summed E-state index contributed by atoms with van der Waals surface area (Å²) in [5.41, 5.74) is 0.798. The first-order valence-electron chi connectivity index (χ1n) is 3.66. The number of benzene rings is 1. The molecule has 13 heavy (non-hydrogen) atoms. The molecule has 0 saturated carbocycles. The largest absolute Gasteiger partial charge is 0.507 e. The Balaban J connectivity index is 3.05. The van der Waals surface area contributed by atoms with Gasteiger partial charge in [-0.05, 0) is 12.1 Å². The van der Waals surface area contributed by atoms with E-state index in [1.165, 1.54) is 12.1 Å². The van der Waals surface area contributed by atoms with E-state index in [-0.39, 0.29) is 12.4 Å². The monoisotopic (exact) mass is 176 g/mol. The molecule has 0 amide bonds. The summed E-state index contributed by atoms with van der Waals surface area (Å²) < 4.78 is 0. The highest BCUT2D eigenvalue weighted by Gasteiger charge is 1.98. The number of carbonyl (C=O) groups is 1. The molecular weight excluding hydrogens is 168 g/mol. The Bertz CT molecular complexity index is 371. The third kappa shape index (κ3) is 2.32. The van der Waals surface area contributed by atoms with Crippen LogP contribution >= 0.6 is 0 Å². The topological polar surface area (TPSA) is 57.5 Å². The molecule has 0 radical (unpaired) electrons. The van der Waals surface area contributed by atoms with Gasteiger partial charge in [0.15, 0.2) is 0 Å². The number of aromatic hydroxyl groups is 1. The average molecular weight is 176 g/mol. The van der Waals surface area contributed by atoms with Gasteiger partial charge in [-0.3, -0.25) is 4.79 Å². The van der Waals surface area contributed by atoms with Gasteiger partial charge < -0.3 is 10.2 Å². The Kier molecular flexibility index (Phi) is 3.07. The van der Waals surface area contributed by atoms with Crippen molar-refractivity contribution in [2.45, 2.75) is 0 Å². The Morgan fingerprint density at radius 2 is 2.23 bits per heavy atom. The van der Waals surface area contributed by atoms with Crippen molar-refractivity contribution in [1.82, 2.24) is 0 Å². The molecule has 1 aromatic rings. The van der Waals surface area contributed by atoms with E-state index >= 15 is 0 Å². The van der Waals surface area contributed by atoms with Crippen molar-refractivity contribution in [2.24, 2.45) is 0 Å². The fraction of sp³-hybridized carbons (Fsp3) is 0.100. The lowest BCUT2D eigenvalue weighted by molar-refractivity contribution is 0.112. The molecule has 2 N–H and O–H groups in total. The average Bonchev–Trinajstić information content (AvgIpc) is 2.16. The van der Waals surface area contributed by atoms with Crippen LogP contribution in [0.2, 0.25) is 0 Å². The van der Waals surface area contributed by atoms with E-state index in [1.54, 1.807) is 6.07 Å². The maximum Gasteiger partial charge on any atom is 0.150 e. The van der Waals surface area contributed by atoms with Gasteiger partial charge >= 0.3 is 0 Å². The summed E-state index contributed by atoms with van der Waals surface area (Å²) in [4.78, 5) is 10.3. The Labute approximate surface area is 75.6 Å². The van der Waals surface area contributed by atoms with E-state index in [0.717, 1.165) is 0 Å². The van der Waals surface area contributed by atoms with Gasteiger partial charge in [0.2, 0.25) is 0 Å². The van der Waals surface area contributed by atoms with Crippen LogP contribution in [0.15, 0.2) is 18.2 Å². The van der Waals surface area contributed by atoms with E-state index in [9.17, 15) is 9.90 Å². The lowest BCUT2D eigenvalue weighted by Gasteiger charge is -1.96. The Morgan fingerprint density at radius 3 is 2.77 bits per heavy atom. The zero-order valence-electron chi connectivity index (χ0n) is 6.82. The number of rotatable bonds is 1. The first kappa shape index (κ1) is 9.30. The highest BCUT2D eigenvalue weighted by atomic mass is 16.3. The van der Waals surface area contributed by atoms with Gasteiger partial charge in [0.05, 0.1) is 5.56 Å². The third-order valence-electron chi connectivity index (χ3n) is 1.46. The minimum absolute atomic E-state index is 0.0504. The maximum absolute atomic E-state index is 10.3. The molecule has 0 atom stereocenters. The minimum Gasteiger partial charge on any atom is -0.507 e.